The Kier molecular flexibility index (Phi) is 3.65. The van der Waals surface area contributed by atoms with Crippen molar-refractivity contribution in [1.82, 2.24) is 4.98 Å². The van der Waals surface area contributed by atoms with E-state index in [1.54, 1.807) is 0 Å². The number of aliphatic hydroxyl groups is 1. The van der Waals surface area contributed by atoms with Crippen LogP contribution in [0.15, 0.2) is 36.4 Å². The number of hydrogen-bond acceptors (Lipinski definition) is 3. The van der Waals surface area contributed by atoms with Gasteiger partial charge in [0, 0.05) is 11.9 Å². The van der Waals surface area contributed by atoms with Gasteiger partial charge in [-0.25, -0.2) is 4.98 Å². The smallest absolute Gasteiger partial charge is 0.126 e. The summed E-state index contributed by atoms with van der Waals surface area (Å²) in [6.07, 6.45) is 4.59. The first kappa shape index (κ1) is 12.4. The Hall–Kier alpha value is -1.61. The molecule has 0 bridgehead atoms. The van der Waals surface area contributed by atoms with Gasteiger partial charge in [-0.15, -0.1) is 0 Å². The van der Waals surface area contributed by atoms with Crippen LogP contribution in [0.4, 0.5) is 5.82 Å². The molecule has 3 heteroatoms. The predicted octanol–water partition coefficient (Wildman–Crippen LogP) is 3.20. The summed E-state index contributed by atoms with van der Waals surface area (Å²) in [5, 5.41) is 14.5. The van der Waals surface area contributed by atoms with E-state index in [9.17, 15) is 5.11 Å². The fraction of sp³-hybridized carbons (Fsp3) is 0.438. The second-order valence-corrected chi connectivity index (χ2v) is 5.38. The van der Waals surface area contributed by atoms with Crippen LogP contribution in [0.25, 0.3) is 10.9 Å². The van der Waals surface area contributed by atoms with E-state index in [1.807, 2.05) is 24.3 Å². The zero-order valence-electron chi connectivity index (χ0n) is 11.0. The van der Waals surface area contributed by atoms with E-state index in [2.05, 4.69) is 22.4 Å². The molecular formula is C16H20N2O. The monoisotopic (exact) mass is 256 g/mol. The van der Waals surface area contributed by atoms with E-state index in [1.165, 1.54) is 12.8 Å². The third-order valence-corrected chi connectivity index (χ3v) is 4.03. The molecule has 1 atom stereocenters. The van der Waals surface area contributed by atoms with Crippen molar-refractivity contribution in [2.75, 3.05) is 11.9 Å². The van der Waals surface area contributed by atoms with Gasteiger partial charge in [-0.1, -0.05) is 31.0 Å². The number of aromatic nitrogens is 1. The van der Waals surface area contributed by atoms with Crippen molar-refractivity contribution in [3.63, 3.8) is 0 Å². The Bertz CT molecular complexity index is 549. The van der Waals surface area contributed by atoms with Crippen molar-refractivity contribution in [1.29, 1.82) is 0 Å². The number of aliphatic hydroxyl groups excluding tert-OH is 1. The van der Waals surface area contributed by atoms with Crippen molar-refractivity contribution in [3.05, 3.63) is 36.4 Å². The number of hydrogen-bond donors (Lipinski definition) is 2. The second kappa shape index (κ2) is 5.57. The molecule has 1 aliphatic rings. The van der Waals surface area contributed by atoms with Crippen LogP contribution in [0, 0.1) is 5.92 Å². The Balaban J connectivity index is 1.64. The lowest BCUT2D eigenvalue weighted by Crippen LogP contribution is -2.26. The van der Waals surface area contributed by atoms with E-state index in [0.717, 1.165) is 29.6 Å². The van der Waals surface area contributed by atoms with Crippen LogP contribution in [0.3, 0.4) is 0 Å². The van der Waals surface area contributed by atoms with E-state index < -0.39 is 0 Å². The SMILES string of the molecule is OC(CNc1ccc2ccccc2n1)C1CCCC1. The van der Waals surface area contributed by atoms with Gasteiger partial charge in [0.15, 0.2) is 0 Å². The van der Waals surface area contributed by atoms with Crippen molar-refractivity contribution in [3.8, 4) is 0 Å². The molecular weight excluding hydrogens is 236 g/mol. The number of fused-ring (bicyclic) bond motifs is 1. The highest BCUT2D eigenvalue weighted by Crippen LogP contribution is 2.27. The summed E-state index contributed by atoms with van der Waals surface area (Å²) in [6.45, 7) is 0.593. The van der Waals surface area contributed by atoms with E-state index in [0.29, 0.717) is 12.5 Å². The molecule has 0 aliphatic heterocycles. The van der Waals surface area contributed by atoms with Crippen LogP contribution in [-0.4, -0.2) is 22.7 Å². The molecule has 3 nitrogen and oxygen atoms in total. The first-order chi connectivity index (χ1) is 9.33. The average Bonchev–Trinajstić information content (AvgIpc) is 2.99. The number of pyridine rings is 1. The molecule has 1 fully saturated rings. The Morgan fingerprint density at radius 2 is 1.95 bits per heavy atom. The highest BCUT2D eigenvalue weighted by molar-refractivity contribution is 5.79. The summed E-state index contributed by atoms with van der Waals surface area (Å²) < 4.78 is 0. The Morgan fingerprint density at radius 3 is 2.79 bits per heavy atom. The van der Waals surface area contributed by atoms with Gasteiger partial charge in [-0.05, 0) is 37.0 Å². The molecule has 1 aliphatic carbocycles. The fourth-order valence-electron chi connectivity index (χ4n) is 2.88. The minimum Gasteiger partial charge on any atom is -0.391 e. The zero-order valence-corrected chi connectivity index (χ0v) is 11.0. The highest BCUT2D eigenvalue weighted by Gasteiger charge is 2.22. The molecule has 19 heavy (non-hydrogen) atoms. The first-order valence-electron chi connectivity index (χ1n) is 7.11. The molecule has 2 N–H and O–H groups in total. The summed E-state index contributed by atoms with van der Waals surface area (Å²) >= 11 is 0. The van der Waals surface area contributed by atoms with Gasteiger partial charge in [-0.3, -0.25) is 0 Å². The molecule has 100 valence electrons. The van der Waals surface area contributed by atoms with Gasteiger partial charge in [0.25, 0.3) is 0 Å². The van der Waals surface area contributed by atoms with Crippen molar-refractivity contribution >= 4 is 16.7 Å². The molecule has 1 heterocycles. The molecule has 0 spiro atoms. The quantitative estimate of drug-likeness (QED) is 0.883. The summed E-state index contributed by atoms with van der Waals surface area (Å²) in [7, 11) is 0. The van der Waals surface area contributed by atoms with Gasteiger partial charge < -0.3 is 10.4 Å². The maximum atomic E-state index is 10.1. The number of nitrogens with zero attached hydrogens (tertiary/aromatic N) is 1. The minimum atomic E-state index is -0.254. The Labute approximate surface area is 113 Å². The Morgan fingerprint density at radius 1 is 1.16 bits per heavy atom. The van der Waals surface area contributed by atoms with Crippen LogP contribution in [0.1, 0.15) is 25.7 Å². The number of para-hydroxylation sites is 1. The van der Waals surface area contributed by atoms with Gasteiger partial charge in [0.1, 0.15) is 5.82 Å². The molecule has 0 amide bonds. The third kappa shape index (κ3) is 2.87. The fourth-order valence-corrected chi connectivity index (χ4v) is 2.88. The molecule has 0 radical (unpaired) electrons. The van der Waals surface area contributed by atoms with Gasteiger partial charge in [0.05, 0.1) is 11.6 Å². The topological polar surface area (TPSA) is 45.1 Å². The lowest BCUT2D eigenvalue weighted by molar-refractivity contribution is 0.123. The summed E-state index contributed by atoms with van der Waals surface area (Å²) in [4.78, 5) is 4.55. The van der Waals surface area contributed by atoms with Gasteiger partial charge >= 0.3 is 0 Å². The summed E-state index contributed by atoms with van der Waals surface area (Å²) in [5.74, 6) is 1.31. The van der Waals surface area contributed by atoms with Crippen LogP contribution in [0.2, 0.25) is 0 Å². The molecule has 1 aromatic carbocycles. The molecule has 1 aromatic heterocycles. The van der Waals surface area contributed by atoms with Crippen LogP contribution < -0.4 is 5.32 Å². The van der Waals surface area contributed by atoms with Crippen molar-refractivity contribution < 1.29 is 5.11 Å². The van der Waals surface area contributed by atoms with E-state index in [-0.39, 0.29) is 6.10 Å². The summed E-state index contributed by atoms with van der Waals surface area (Å²) in [6, 6.07) is 12.1. The number of benzene rings is 1. The number of rotatable bonds is 4. The number of nitrogens with one attached hydrogen (secondary N) is 1. The average molecular weight is 256 g/mol. The highest BCUT2D eigenvalue weighted by atomic mass is 16.3. The normalized spacial score (nSPS) is 17.7. The first-order valence-corrected chi connectivity index (χ1v) is 7.11. The van der Waals surface area contributed by atoms with Gasteiger partial charge in [-0.2, -0.15) is 0 Å². The van der Waals surface area contributed by atoms with Crippen LogP contribution in [-0.2, 0) is 0 Å². The van der Waals surface area contributed by atoms with E-state index in [4.69, 9.17) is 0 Å². The van der Waals surface area contributed by atoms with Gasteiger partial charge in [0.2, 0.25) is 0 Å². The molecule has 0 saturated heterocycles. The molecule has 1 unspecified atom stereocenters. The second-order valence-electron chi connectivity index (χ2n) is 5.38. The lowest BCUT2D eigenvalue weighted by atomic mass is 10.0. The molecule has 3 rings (SSSR count). The third-order valence-electron chi connectivity index (χ3n) is 4.03. The molecule has 1 saturated carbocycles. The van der Waals surface area contributed by atoms with Crippen molar-refractivity contribution in [2.45, 2.75) is 31.8 Å². The van der Waals surface area contributed by atoms with Crippen LogP contribution in [0.5, 0.6) is 0 Å². The standard InChI is InChI=1S/C16H20N2O/c19-15(13-6-1-2-7-13)11-17-16-10-9-12-5-3-4-8-14(12)18-16/h3-5,8-10,13,15,19H,1-2,6-7,11H2,(H,17,18). The van der Waals surface area contributed by atoms with E-state index >= 15 is 0 Å². The maximum Gasteiger partial charge on any atom is 0.126 e. The lowest BCUT2D eigenvalue weighted by Gasteiger charge is -2.18. The largest absolute Gasteiger partial charge is 0.391 e. The predicted molar refractivity (Wildman–Crippen MR) is 78.2 cm³/mol. The van der Waals surface area contributed by atoms with Crippen LogP contribution >= 0.6 is 0 Å². The number of anilines is 1. The molecule has 2 aromatic rings. The summed E-state index contributed by atoms with van der Waals surface area (Å²) in [5.41, 5.74) is 0.989. The minimum absolute atomic E-state index is 0.254. The maximum absolute atomic E-state index is 10.1. The van der Waals surface area contributed by atoms with Crippen molar-refractivity contribution in [2.24, 2.45) is 5.92 Å². The zero-order chi connectivity index (χ0) is 13.1.